The molecular formula is C40H36N4O2Pt. The van der Waals surface area contributed by atoms with Crippen molar-refractivity contribution in [1.29, 1.82) is 0 Å². The van der Waals surface area contributed by atoms with E-state index in [-0.39, 0.29) is 26.5 Å². The van der Waals surface area contributed by atoms with Crippen LogP contribution in [-0.4, -0.2) is 26.4 Å². The zero-order valence-electron chi connectivity index (χ0n) is 27.6. The van der Waals surface area contributed by atoms with Gasteiger partial charge in [-0.1, -0.05) is 75.7 Å². The molecular weight excluding hydrogens is 764 g/mol. The molecule has 0 aliphatic rings. The molecule has 0 bridgehead atoms. The van der Waals surface area contributed by atoms with Gasteiger partial charge in [0.15, 0.2) is 0 Å². The number of ether oxygens (including phenoxy) is 2. The minimum absolute atomic E-state index is 0. The Morgan fingerprint density at radius 1 is 0.766 bits per heavy atom. The Morgan fingerprint density at radius 3 is 2.26 bits per heavy atom. The second kappa shape index (κ2) is 12.5. The molecule has 3 heterocycles. The molecule has 7 aromatic rings. The van der Waals surface area contributed by atoms with Crippen molar-refractivity contribution in [2.45, 2.75) is 47.0 Å². The van der Waals surface area contributed by atoms with Gasteiger partial charge < -0.3 is 14.0 Å². The van der Waals surface area contributed by atoms with Crippen molar-refractivity contribution in [1.82, 2.24) is 19.3 Å². The fraction of sp³-hybridized carbons (Fsp3) is 0.200. The first kappa shape index (κ1) is 32.3. The molecule has 0 aliphatic heterocycles. The second-order valence-corrected chi connectivity index (χ2v) is 12.8. The van der Waals surface area contributed by atoms with Crippen LogP contribution in [0.15, 0.2) is 91.1 Å². The minimum atomic E-state index is 0. The summed E-state index contributed by atoms with van der Waals surface area (Å²) in [6.45, 7) is 12.8. The number of methoxy groups -OCH3 is 1. The van der Waals surface area contributed by atoms with E-state index in [0.29, 0.717) is 17.4 Å². The van der Waals surface area contributed by atoms with Crippen LogP contribution in [0.2, 0.25) is 0 Å². The summed E-state index contributed by atoms with van der Waals surface area (Å²) in [4.78, 5) is 4.69. The van der Waals surface area contributed by atoms with E-state index in [1.54, 1.807) is 11.8 Å². The molecule has 0 N–H and O–H groups in total. The molecule has 0 atom stereocenters. The second-order valence-electron chi connectivity index (χ2n) is 12.8. The van der Waals surface area contributed by atoms with Crippen LogP contribution >= 0.6 is 0 Å². The van der Waals surface area contributed by atoms with Gasteiger partial charge in [-0.05, 0) is 65.2 Å². The van der Waals surface area contributed by atoms with Crippen LogP contribution in [0.3, 0.4) is 0 Å². The number of rotatable bonds is 6. The van der Waals surface area contributed by atoms with E-state index >= 15 is 0 Å². The summed E-state index contributed by atoms with van der Waals surface area (Å²) in [5.41, 5.74) is 9.07. The average molecular weight is 800 g/mol. The van der Waals surface area contributed by atoms with E-state index in [0.717, 1.165) is 61.3 Å². The molecule has 238 valence electrons. The first-order valence-corrected chi connectivity index (χ1v) is 15.5. The molecule has 4 aromatic carbocycles. The van der Waals surface area contributed by atoms with Crippen molar-refractivity contribution in [3.8, 4) is 40.0 Å². The molecule has 0 amide bonds. The zero-order chi connectivity index (χ0) is 32.2. The monoisotopic (exact) mass is 799 g/mol. The van der Waals surface area contributed by atoms with Gasteiger partial charge in [0.2, 0.25) is 5.88 Å². The summed E-state index contributed by atoms with van der Waals surface area (Å²) >= 11 is 0. The van der Waals surface area contributed by atoms with E-state index in [2.05, 4.69) is 104 Å². The quantitative estimate of drug-likeness (QED) is 0.157. The third kappa shape index (κ3) is 5.99. The number of benzene rings is 4. The van der Waals surface area contributed by atoms with Gasteiger partial charge in [-0.15, -0.1) is 35.7 Å². The van der Waals surface area contributed by atoms with Gasteiger partial charge in [-0.3, -0.25) is 0 Å². The van der Waals surface area contributed by atoms with E-state index in [1.807, 2.05) is 50.4 Å². The van der Waals surface area contributed by atoms with Gasteiger partial charge in [0.25, 0.3) is 0 Å². The van der Waals surface area contributed by atoms with Crippen LogP contribution in [-0.2, 0) is 26.5 Å². The van der Waals surface area contributed by atoms with Gasteiger partial charge in [-0.25, -0.2) is 9.67 Å². The third-order valence-corrected chi connectivity index (χ3v) is 8.36. The smallest absolute Gasteiger partial charge is 0.509 e. The molecule has 47 heavy (non-hydrogen) atoms. The Balaban J connectivity index is 0.00000386. The largest absolute Gasteiger partial charge is 2.00 e. The Labute approximate surface area is 290 Å². The SMILES string of the molecule is COc1c(-c2ccc(C(C)(C)C)cc2)c(C)nn1-c1[c-]c(Oc2[c-]c3c(cc2)c2ccccc2n3-c2cc(C)ccn2)cc(C)c1.[Pt+2]. The maximum Gasteiger partial charge on any atom is 2.00 e. The Kier molecular flexibility index (Phi) is 8.58. The molecule has 7 heteroatoms. The fourth-order valence-electron chi connectivity index (χ4n) is 6.09. The standard InChI is InChI=1S/C40H36N4O2.Pt/c1-25-18-19-41-37(22-25)43-35-11-9-8-10-33(35)34-17-16-31(24-36(34)43)46-32-21-26(2)20-30(23-32)44-39(45-7)38(27(3)42-44)28-12-14-29(15-13-28)40(4,5)6;/h8-22H,1-7H3;/q-2;+2. The maximum atomic E-state index is 6.45. The molecule has 6 nitrogen and oxygen atoms in total. The normalized spacial score (nSPS) is 11.6. The van der Waals surface area contributed by atoms with Crippen molar-refractivity contribution in [3.63, 3.8) is 0 Å². The van der Waals surface area contributed by atoms with Crippen molar-refractivity contribution in [3.05, 3.63) is 126 Å². The molecule has 0 aliphatic carbocycles. The number of nitrogens with zero attached hydrogens (tertiary/aromatic N) is 4. The van der Waals surface area contributed by atoms with Crippen LogP contribution in [0.4, 0.5) is 0 Å². The van der Waals surface area contributed by atoms with Gasteiger partial charge in [0, 0.05) is 23.2 Å². The van der Waals surface area contributed by atoms with Crippen LogP contribution < -0.4 is 9.47 Å². The number of para-hydroxylation sites is 1. The number of aryl methyl sites for hydroxylation is 3. The predicted octanol–water partition coefficient (Wildman–Crippen LogP) is 9.65. The number of aromatic nitrogens is 4. The van der Waals surface area contributed by atoms with E-state index in [4.69, 9.17) is 14.6 Å². The Morgan fingerprint density at radius 2 is 1.53 bits per heavy atom. The summed E-state index contributed by atoms with van der Waals surface area (Å²) in [5.74, 6) is 2.64. The summed E-state index contributed by atoms with van der Waals surface area (Å²) in [7, 11) is 1.68. The number of fused-ring (bicyclic) bond motifs is 3. The minimum Gasteiger partial charge on any atom is -0.509 e. The van der Waals surface area contributed by atoms with Crippen LogP contribution in [0.25, 0.3) is 44.4 Å². The van der Waals surface area contributed by atoms with Crippen LogP contribution in [0.5, 0.6) is 17.4 Å². The average Bonchev–Trinajstić information content (AvgIpc) is 3.54. The van der Waals surface area contributed by atoms with Crippen molar-refractivity contribution in [2.24, 2.45) is 0 Å². The first-order valence-electron chi connectivity index (χ1n) is 15.5. The number of pyridine rings is 1. The number of hydrogen-bond acceptors (Lipinski definition) is 4. The summed E-state index contributed by atoms with van der Waals surface area (Å²) in [6.07, 6.45) is 1.84. The molecule has 3 aromatic heterocycles. The fourth-order valence-corrected chi connectivity index (χ4v) is 6.09. The molecule has 0 fully saturated rings. The van der Waals surface area contributed by atoms with Gasteiger partial charge in [0.1, 0.15) is 5.82 Å². The predicted molar refractivity (Wildman–Crippen MR) is 185 cm³/mol. The third-order valence-electron chi connectivity index (χ3n) is 8.36. The summed E-state index contributed by atoms with van der Waals surface area (Å²) < 4.78 is 16.4. The maximum absolute atomic E-state index is 6.45. The van der Waals surface area contributed by atoms with Crippen LogP contribution in [0.1, 0.15) is 43.2 Å². The molecule has 0 saturated carbocycles. The van der Waals surface area contributed by atoms with E-state index in [9.17, 15) is 0 Å². The summed E-state index contributed by atoms with van der Waals surface area (Å²) in [6, 6.07) is 36.1. The van der Waals surface area contributed by atoms with Gasteiger partial charge in [-0.2, -0.15) is 16.7 Å². The van der Waals surface area contributed by atoms with Crippen molar-refractivity contribution < 1.29 is 30.5 Å². The zero-order valence-corrected chi connectivity index (χ0v) is 29.9. The topological polar surface area (TPSA) is 54.1 Å². The molecule has 0 unspecified atom stereocenters. The Bertz CT molecular complexity index is 2240. The van der Waals surface area contributed by atoms with Gasteiger partial charge >= 0.3 is 21.1 Å². The molecule has 0 saturated heterocycles. The number of hydrogen-bond donors (Lipinski definition) is 0. The first-order chi connectivity index (χ1) is 22.1. The molecule has 0 spiro atoms. The Hall–Kier alpha value is -4.67. The molecule has 0 radical (unpaired) electrons. The van der Waals surface area contributed by atoms with Crippen molar-refractivity contribution in [2.75, 3.05) is 7.11 Å². The van der Waals surface area contributed by atoms with Gasteiger partial charge in [0.05, 0.1) is 18.4 Å². The van der Waals surface area contributed by atoms with Crippen molar-refractivity contribution >= 4 is 21.8 Å². The molecule has 7 rings (SSSR count). The summed E-state index contributed by atoms with van der Waals surface area (Å²) in [5, 5.41) is 7.11. The van der Waals surface area contributed by atoms with E-state index < -0.39 is 0 Å². The van der Waals surface area contributed by atoms with Crippen LogP contribution in [0, 0.1) is 32.9 Å². The van der Waals surface area contributed by atoms with E-state index in [1.165, 1.54) is 5.56 Å².